The van der Waals surface area contributed by atoms with Crippen LogP contribution in [-0.4, -0.2) is 24.2 Å². The van der Waals surface area contributed by atoms with Gasteiger partial charge in [-0.25, -0.2) is 9.59 Å². The number of oxazole rings is 1. The van der Waals surface area contributed by atoms with Gasteiger partial charge in [-0.15, -0.1) is 0 Å². The molecular weight excluding hydrogens is 404 g/mol. The number of hydrogen-bond acceptors (Lipinski definition) is 4. The summed E-state index contributed by atoms with van der Waals surface area (Å²) in [5.74, 6) is -0.412. The van der Waals surface area contributed by atoms with Gasteiger partial charge < -0.3 is 14.5 Å². The van der Waals surface area contributed by atoms with Crippen LogP contribution in [0, 0.1) is 0 Å². The second kappa shape index (κ2) is 8.59. The first kappa shape index (κ1) is 19.9. The van der Waals surface area contributed by atoms with Crippen LogP contribution in [0.1, 0.15) is 29.0 Å². The zero-order chi connectivity index (χ0) is 21.9. The molecule has 32 heavy (non-hydrogen) atoms. The number of carbonyl (C=O) groups is 1. The monoisotopic (exact) mass is 426 g/mol. The number of aromatic nitrogens is 1. The van der Waals surface area contributed by atoms with Crippen molar-refractivity contribution in [2.24, 2.45) is 0 Å². The number of aromatic amines is 1. The molecule has 0 radical (unpaired) electrons. The van der Waals surface area contributed by atoms with Gasteiger partial charge in [-0.1, -0.05) is 66.7 Å². The van der Waals surface area contributed by atoms with Crippen LogP contribution in [0.5, 0.6) is 0 Å². The first-order valence-corrected chi connectivity index (χ1v) is 10.6. The molecule has 0 aliphatic heterocycles. The molecule has 0 unspecified atom stereocenters. The number of nitrogens with one attached hydrogen (secondary N) is 2. The Labute approximate surface area is 184 Å². The number of ether oxygens (including phenoxy) is 1. The van der Waals surface area contributed by atoms with Crippen molar-refractivity contribution in [1.82, 2.24) is 10.3 Å². The number of hydrogen-bond donors (Lipinski definition) is 2. The van der Waals surface area contributed by atoms with Crippen LogP contribution in [-0.2, 0) is 4.74 Å². The average Bonchev–Trinajstić information content (AvgIpc) is 3.34. The maximum atomic E-state index is 12.2. The molecule has 1 aliphatic carbocycles. The molecule has 160 valence electrons. The maximum Gasteiger partial charge on any atom is 0.417 e. The van der Waals surface area contributed by atoms with Crippen molar-refractivity contribution in [1.29, 1.82) is 0 Å². The van der Waals surface area contributed by atoms with Gasteiger partial charge in [0.25, 0.3) is 0 Å². The number of amides is 1. The largest absolute Gasteiger partial charge is 0.449 e. The van der Waals surface area contributed by atoms with Crippen LogP contribution in [0.2, 0.25) is 0 Å². The molecule has 0 spiro atoms. The normalized spacial score (nSPS) is 12.8. The Morgan fingerprint density at radius 1 is 1.03 bits per heavy atom. The van der Waals surface area contributed by atoms with Gasteiger partial charge in [-0.3, -0.25) is 4.98 Å². The summed E-state index contributed by atoms with van der Waals surface area (Å²) in [5, 5.41) is 2.80. The smallest absolute Gasteiger partial charge is 0.417 e. The van der Waals surface area contributed by atoms with E-state index in [1.54, 1.807) is 12.1 Å². The van der Waals surface area contributed by atoms with Crippen LogP contribution in [0.3, 0.4) is 0 Å². The van der Waals surface area contributed by atoms with Crippen molar-refractivity contribution >= 4 is 23.3 Å². The van der Waals surface area contributed by atoms with Gasteiger partial charge in [0.15, 0.2) is 5.58 Å². The molecule has 1 heterocycles. The quantitative estimate of drug-likeness (QED) is 0.422. The minimum atomic E-state index is -0.464. The zero-order valence-electron chi connectivity index (χ0n) is 17.3. The summed E-state index contributed by atoms with van der Waals surface area (Å²) >= 11 is 0. The Bertz CT molecular complexity index is 1320. The number of rotatable bonds is 6. The van der Waals surface area contributed by atoms with Crippen LogP contribution in [0.15, 0.2) is 82.0 Å². The van der Waals surface area contributed by atoms with Gasteiger partial charge in [0, 0.05) is 12.5 Å². The first-order valence-electron chi connectivity index (χ1n) is 10.6. The summed E-state index contributed by atoms with van der Waals surface area (Å²) < 4.78 is 10.6. The third-order valence-electron chi connectivity index (χ3n) is 5.68. The summed E-state index contributed by atoms with van der Waals surface area (Å²) in [4.78, 5) is 26.0. The highest BCUT2D eigenvalue weighted by molar-refractivity contribution is 5.79. The van der Waals surface area contributed by atoms with Gasteiger partial charge in [-0.2, -0.15) is 0 Å². The maximum absolute atomic E-state index is 12.2. The topological polar surface area (TPSA) is 84.3 Å². The van der Waals surface area contributed by atoms with E-state index in [0.29, 0.717) is 30.7 Å². The van der Waals surface area contributed by atoms with Crippen molar-refractivity contribution < 1.29 is 13.9 Å². The molecule has 3 aromatic carbocycles. The number of H-pyrrole nitrogens is 1. The average molecular weight is 426 g/mol. The lowest BCUT2D eigenvalue weighted by Gasteiger charge is -2.14. The molecule has 0 atom stereocenters. The second-order valence-electron chi connectivity index (χ2n) is 7.71. The van der Waals surface area contributed by atoms with Crippen molar-refractivity contribution in [2.75, 3.05) is 13.2 Å². The number of alkyl carbamates (subject to hydrolysis) is 1. The fraction of sp³-hybridized carbons (Fsp3) is 0.154. The van der Waals surface area contributed by atoms with Crippen LogP contribution in [0.4, 0.5) is 4.79 Å². The zero-order valence-corrected chi connectivity index (χ0v) is 17.3. The Balaban J connectivity index is 1.12. The van der Waals surface area contributed by atoms with E-state index < -0.39 is 11.8 Å². The Kier molecular flexibility index (Phi) is 5.34. The molecule has 1 aromatic heterocycles. The molecule has 0 saturated carbocycles. The van der Waals surface area contributed by atoms with Gasteiger partial charge in [0.1, 0.15) is 6.61 Å². The molecule has 0 saturated heterocycles. The van der Waals surface area contributed by atoms with Crippen LogP contribution >= 0.6 is 0 Å². The van der Waals surface area contributed by atoms with Gasteiger partial charge in [0.2, 0.25) is 0 Å². The SMILES string of the molecule is O=C(NCCC=Cc1ccc2[nH]c(=O)oc2c1)OCC1c2ccccc2-c2ccccc21. The lowest BCUT2D eigenvalue weighted by atomic mass is 9.98. The van der Waals surface area contributed by atoms with Gasteiger partial charge in [0.05, 0.1) is 5.52 Å². The lowest BCUT2D eigenvalue weighted by Crippen LogP contribution is -2.26. The van der Waals surface area contributed by atoms with E-state index in [1.165, 1.54) is 22.3 Å². The summed E-state index contributed by atoms with van der Waals surface area (Å²) in [6, 6.07) is 22.0. The highest BCUT2D eigenvalue weighted by atomic mass is 16.5. The Hall–Kier alpha value is -4.06. The predicted octanol–water partition coefficient (Wildman–Crippen LogP) is 5.06. The standard InChI is InChI=1S/C26H22N2O4/c29-25(27-14-6-5-7-17-12-13-23-24(15-17)32-26(30)28-23)31-16-22-20-10-3-1-8-18(20)19-9-2-4-11-21(19)22/h1-5,7-13,15,22H,6,14,16H2,(H,27,29)(H,28,30). The van der Waals surface area contributed by atoms with E-state index in [4.69, 9.17) is 9.15 Å². The second-order valence-corrected chi connectivity index (χ2v) is 7.71. The Morgan fingerprint density at radius 3 is 2.50 bits per heavy atom. The molecule has 0 bridgehead atoms. The van der Waals surface area contributed by atoms with Crippen molar-refractivity contribution in [3.63, 3.8) is 0 Å². The minimum absolute atomic E-state index is 0.0523. The molecule has 2 N–H and O–H groups in total. The molecule has 1 amide bonds. The van der Waals surface area contributed by atoms with Crippen molar-refractivity contribution in [3.05, 3.63) is 100 Å². The van der Waals surface area contributed by atoms with E-state index in [9.17, 15) is 9.59 Å². The van der Waals surface area contributed by atoms with Gasteiger partial charge in [-0.05, 0) is 46.4 Å². The first-order chi connectivity index (χ1) is 15.7. The Morgan fingerprint density at radius 2 is 1.75 bits per heavy atom. The summed E-state index contributed by atoms with van der Waals surface area (Å²) in [6.07, 6.45) is 4.11. The van der Waals surface area contributed by atoms with Gasteiger partial charge >= 0.3 is 11.8 Å². The van der Waals surface area contributed by atoms with Crippen molar-refractivity contribution in [2.45, 2.75) is 12.3 Å². The number of fused-ring (bicyclic) bond motifs is 4. The molecule has 4 aromatic rings. The molecular formula is C26H22N2O4. The summed E-state index contributed by atoms with van der Waals surface area (Å²) in [6.45, 7) is 0.770. The van der Waals surface area contributed by atoms with E-state index in [-0.39, 0.29) is 5.92 Å². The van der Waals surface area contributed by atoms with Crippen LogP contribution < -0.4 is 11.1 Å². The molecule has 1 aliphatic rings. The predicted molar refractivity (Wildman–Crippen MR) is 124 cm³/mol. The fourth-order valence-electron chi connectivity index (χ4n) is 4.19. The summed E-state index contributed by atoms with van der Waals surface area (Å²) in [7, 11) is 0. The van der Waals surface area contributed by atoms with E-state index in [2.05, 4.69) is 34.6 Å². The van der Waals surface area contributed by atoms with E-state index in [1.807, 2.05) is 42.5 Å². The molecule has 6 heteroatoms. The highest BCUT2D eigenvalue weighted by Gasteiger charge is 2.28. The molecule has 5 rings (SSSR count). The number of carbonyl (C=O) groups excluding carboxylic acids is 1. The van der Waals surface area contributed by atoms with E-state index >= 15 is 0 Å². The highest BCUT2D eigenvalue weighted by Crippen LogP contribution is 2.44. The number of benzene rings is 3. The molecule has 0 fully saturated rings. The third kappa shape index (κ3) is 3.95. The van der Waals surface area contributed by atoms with Crippen molar-refractivity contribution in [3.8, 4) is 11.1 Å². The van der Waals surface area contributed by atoms with E-state index in [0.717, 1.165) is 5.56 Å². The minimum Gasteiger partial charge on any atom is -0.449 e. The third-order valence-corrected chi connectivity index (χ3v) is 5.68. The summed E-state index contributed by atoms with van der Waals surface area (Å²) in [5.41, 5.74) is 6.91. The van der Waals surface area contributed by atoms with Crippen LogP contribution in [0.25, 0.3) is 28.3 Å². The lowest BCUT2D eigenvalue weighted by molar-refractivity contribution is 0.143. The fourth-order valence-corrected chi connectivity index (χ4v) is 4.19. The molecule has 6 nitrogen and oxygen atoms in total.